The van der Waals surface area contributed by atoms with Crippen LogP contribution in [-0.2, 0) is 15.8 Å². The van der Waals surface area contributed by atoms with Crippen molar-refractivity contribution >= 4 is 29.1 Å². The van der Waals surface area contributed by atoms with E-state index in [9.17, 15) is 22.8 Å². The summed E-state index contributed by atoms with van der Waals surface area (Å²) in [5.41, 5.74) is -1.29. The van der Waals surface area contributed by atoms with Gasteiger partial charge in [-0.3, -0.25) is 14.5 Å². The Hall–Kier alpha value is -1.80. The van der Waals surface area contributed by atoms with Gasteiger partial charge in [-0.05, 0) is 38.0 Å². The number of benzene rings is 1. The van der Waals surface area contributed by atoms with Crippen LogP contribution in [0.4, 0.5) is 18.9 Å². The van der Waals surface area contributed by atoms with E-state index in [-0.39, 0.29) is 22.5 Å². The number of carbonyl (C=O) groups is 2. The predicted octanol–water partition coefficient (Wildman–Crippen LogP) is 3.24. The highest BCUT2D eigenvalue weighted by Gasteiger charge is 2.37. The van der Waals surface area contributed by atoms with Crippen molar-refractivity contribution in [2.75, 3.05) is 31.5 Å². The van der Waals surface area contributed by atoms with Crippen LogP contribution in [0.5, 0.6) is 0 Å². The van der Waals surface area contributed by atoms with E-state index in [1.54, 1.807) is 11.8 Å². The monoisotopic (exact) mass is 403 g/mol. The normalized spacial score (nSPS) is 19.7. The largest absolute Gasteiger partial charge is 0.418 e. The maximum absolute atomic E-state index is 13.2. The second-order valence-corrected chi connectivity index (χ2v) is 7.42. The molecule has 2 fully saturated rings. The Morgan fingerprint density at radius 1 is 1.19 bits per heavy atom. The lowest BCUT2D eigenvalue weighted by Gasteiger charge is -2.37. The second kappa shape index (κ2) is 7.67. The first-order valence-corrected chi connectivity index (χ1v) is 9.25. The first kappa shape index (κ1) is 19.9. The van der Waals surface area contributed by atoms with E-state index in [0.717, 1.165) is 25.0 Å². The van der Waals surface area contributed by atoms with Gasteiger partial charge in [0.2, 0.25) is 11.8 Å². The molecule has 0 aromatic heterocycles. The lowest BCUT2D eigenvalue weighted by molar-refractivity contribution is -0.137. The van der Waals surface area contributed by atoms with Gasteiger partial charge in [-0.25, -0.2) is 0 Å². The van der Waals surface area contributed by atoms with E-state index in [1.165, 1.54) is 6.07 Å². The third kappa shape index (κ3) is 4.73. The number of nitrogens with zero attached hydrogens (tertiary/aromatic N) is 2. The van der Waals surface area contributed by atoms with Crippen molar-refractivity contribution in [3.05, 3.63) is 28.8 Å². The van der Waals surface area contributed by atoms with Crippen LogP contribution in [0, 0.1) is 5.92 Å². The minimum Gasteiger partial charge on any atom is -0.340 e. The summed E-state index contributed by atoms with van der Waals surface area (Å²) in [6, 6.07) is 2.64. The first-order valence-electron chi connectivity index (χ1n) is 8.87. The molecule has 0 unspecified atom stereocenters. The first-order chi connectivity index (χ1) is 12.7. The van der Waals surface area contributed by atoms with Gasteiger partial charge in [0.1, 0.15) is 0 Å². The van der Waals surface area contributed by atoms with Crippen molar-refractivity contribution in [2.45, 2.75) is 32.0 Å². The molecule has 0 bridgehead atoms. The maximum atomic E-state index is 13.2. The third-order valence-corrected chi connectivity index (χ3v) is 5.26. The summed E-state index contributed by atoms with van der Waals surface area (Å²) in [5, 5.41) is 2.31. The van der Waals surface area contributed by atoms with E-state index in [0.29, 0.717) is 26.2 Å². The number of alkyl halides is 3. The number of amides is 2. The molecule has 1 aromatic carbocycles. The van der Waals surface area contributed by atoms with Gasteiger partial charge in [-0.2, -0.15) is 13.2 Å². The summed E-state index contributed by atoms with van der Waals surface area (Å²) in [7, 11) is 0. The average molecular weight is 404 g/mol. The molecular formula is C18H21ClF3N3O2. The summed E-state index contributed by atoms with van der Waals surface area (Å²) >= 11 is 5.66. The maximum Gasteiger partial charge on any atom is 0.418 e. The second-order valence-electron chi connectivity index (χ2n) is 6.99. The van der Waals surface area contributed by atoms with E-state index in [2.05, 4.69) is 5.32 Å². The molecule has 1 aliphatic carbocycles. The molecular weight excluding hydrogens is 383 g/mol. The molecule has 5 nitrogen and oxygen atoms in total. The highest BCUT2D eigenvalue weighted by atomic mass is 35.5. The molecule has 0 radical (unpaired) electrons. The molecule has 1 aliphatic heterocycles. The predicted molar refractivity (Wildman–Crippen MR) is 95.4 cm³/mol. The van der Waals surface area contributed by atoms with E-state index in [1.807, 2.05) is 4.90 Å². The number of anilines is 1. The third-order valence-electron chi connectivity index (χ3n) is 5.02. The number of piperazine rings is 1. The highest BCUT2D eigenvalue weighted by molar-refractivity contribution is 6.30. The summed E-state index contributed by atoms with van der Waals surface area (Å²) in [6.45, 7) is 3.74. The molecule has 1 saturated carbocycles. The fourth-order valence-corrected chi connectivity index (χ4v) is 3.35. The van der Waals surface area contributed by atoms with Crippen LogP contribution in [-0.4, -0.2) is 53.8 Å². The lowest BCUT2D eigenvalue weighted by atomic mass is 10.1. The van der Waals surface area contributed by atoms with Crippen molar-refractivity contribution in [3.63, 3.8) is 0 Å². The lowest BCUT2D eigenvalue weighted by Crippen LogP contribution is -2.54. The highest BCUT2D eigenvalue weighted by Crippen LogP contribution is 2.36. The number of rotatable bonds is 4. The Balaban J connectivity index is 1.61. The SMILES string of the molecule is C[C@H](C(=O)Nc1ccc(Cl)cc1C(F)(F)F)N1CCN(C(=O)C2CC2)CC1. The van der Waals surface area contributed by atoms with Crippen LogP contribution in [0.15, 0.2) is 18.2 Å². The van der Waals surface area contributed by atoms with E-state index < -0.39 is 23.7 Å². The van der Waals surface area contributed by atoms with Gasteiger partial charge in [-0.15, -0.1) is 0 Å². The number of hydrogen-bond donors (Lipinski definition) is 1. The molecule has 148 valence electrons. The zero-order valence-electron chi connectivity index (χ0n) is 14.9. The van der Waals surface area contributed by atoms with Crippen molar-refractivity contribution < 1.29 is 22.8 Å². The Bertz CT molecular complexity index is 729. The van der Waals surface area contributed by atoms with Gasteiger partial charge in [0.25, 0.3) is 0 Å². The summed E-state index contributed by atoms with van der Waals surface area (Å²) in [6.07, 6.45) is -2.73. The van der Waals surface area contributed by atoms with Crippen molar-refractivity contribution in [1.29, 1.82) is 0 Å². The van der Waals surface area contributed by atoms with Crippen molar-refractivity contribution in [2.24, 2.45) is 5.92 Å². The molecule has 1 saturated heterocycles. The number of nitrogens with one attached hydrogen (secondary N) is 1. The van der Waals surface area contributed by atoms with E-state index in [4.69, 9.17) is 11.6 Å². The zero-order valence-corrected chi connectivity index (χ0v) is 15.6. The van der Waals surface area contributed by atoms with Crippen LogP contribution < -0.4 is 5.32 Å². The van der Waals surface area contributed by atoms with Crippen LogP contribution in [0.25, 0.3) is 0 Å². The minimum absolute atomic E-state index is 0.0511. The fourth-order valence-electron chi connectivity index (χ4n) is 3.18. The van der Waals surface area contributed by atoms with Gasteiger partial charge in [0.05, 0.1) is 17.3 Å². The molecule has 1 atom stereocenters. The number of carbonyl (C=O) groups excluding carboxylic acids is 2. The fraction of sp³-hybridized carbons (Fsp3) is 0.556. The Morgan fingerprint density at radius 3 is 2.37 bits per heavy atom. The molecule has 0 spiro atoms. The summed E-state index contributed by atoms with van der Waals surface area (Å²) in [5.74, 6) is -0.199. The Kier molecular flexibility index (Phi) is 5.67. The Morgan fingerprint density at radius 2 is 1.81 bits per heavy atom. The quantitative estimate of drug-likeness (QED) is 0.839. The number of halogens is 4. The molecule has 2 aliphatic rings. The van der Waals surface area contributed by atoms with Gasteiger partial charge >= 0.3 is 6.18 Å². The average Bonchev–Trinajstić information content (AvgIpc) is 3.46. The van der Waals surface area contributed by atoms with Crippen LogP contribution in [0.1, 0.15) is 25.3 Å². The summed E-state index contributed by atoms with van der Waals surface area (Å²) < 4.78 is 39.5. The van der Waals surface area contributed by atoms with Gasteiger partial charge in [0, 0.05) is 37.1 Å². The Labute approximate surface area is 160 Å². The van der Waals surface area contributed by atoms with Crippen LogP contribution in [0.3, 0.4) is 0 Å². The summed E-state index contributed by atoms with van der Waals surface area (Å²) in [4.78, 5) is 28.2. The molecule has 9 heteroatoms. The zero-order chi connectivity index (χ0) is 19.8. The van der Waals surface area contributed by atoms with Crippen LogP contribution >= 0.6 is 11.6 Å². The molecule has 1 aromatic rings. The topological polar surface area (TPSA) is 52.7 Å². The van der Waals surface area contributed by atoms with Crippen molar-refractivity contribution in [3.8, 4) is 0 Å². The molecule has 1 N–H and O–H groups in total. The van der Waals surface area contributed by atoms with E-state index >= 15 is 0 Å². The number of hydrogen-bond acceptors (Lipinski definition) is 3. The molecule has 27 heavy (non-hydrogen) atoms. The molecule has 2 amide bonds. The van der Waals surface area contributed by atoms with Gasteiger partial charge in [0.15, 0.2) is 0 Å². The molecule has 3 rings (SSSR count). The van der Waals surface area contributed by atoms with Crippen LogP contribution in [0.2, 0.25) is 5.02 Å². The van der Waals surface area contributed by atoms with Gasteiger partial charge in [-0.1, -0.05) is 11.6 Å². The molecule has 1 heterocycles. The minimum atomic E-state index is -4.62. The van der Waals surface area contributed by atoms with Gasteiger partial charge < -0.3 is 10.2 Å². The van der Waals surface area contributed by atoms with Crippen molar-refractivity contribution in [1.82, 2.24) is 9.80 Å². The smallest absolute Gasteiger partial charge is 0.340 e. The standard InChI is InChI=1S/C18H21ClF3N3O2/c1-11(24-6-8-25(9-7-24)17(27)12-2-3-12)16(26)23-15-5-4-13(19)10-14(15)18(20,21)22/h4-5,10-12H,2-3,6-9H2,1H3,(H,23,26)/t11-/m1/s1.